The van der Waals surface area contributed by atoms with Crippen molar-refractivity contribution < 1.29 is 9.90 Å². The lowest BCUT2D eigenvalue weighted by Crippen LogP contribution is -2.35. The van der Waals surface area contributed by atoms with Crippen molar-refractivity contribution in [2.45, 2.75) is 20.3 Å². The second-order valence-electron chi connectivity index (χ2n) is 4.03. The minimum absolute atomic E-state index is 0.0591. The summed E-state index contributed by atoms with van der Waals surface area (Å²) in [6, 6.07) is 1.72. The molecule has 0 aliphatic rings. The zero-order valence-corrected chi connectivity index (χ0v) is 10.8. The number of nitrogens with two attached hydrogens (primary N) is 1. The number of amides is 1. The average Bonchev–Trinajstić information content (AvgIpc) is 2.37. The number of carbonyl (C=O) groups is 1. The summed E-state index contributed by atoms with van der Waals surface area (Å²) in [5, 5.41) is 8.98. The highest BCUT2D eigenvalue weighted by molar-refractivity contribution is 5.99. The summed E-state index contributed by atoms with van der Waals surface area (Å²) in [5.41, 5.74) is 4.26. The zero-order chi connectivity index (χ0) is 13.5. The van der Waals surface area contributed by atoms with Gasteiger partial charge < -0.3 is 15.4 Å². The molecule has 1 amide bonds. The molecule has 1 aromatic rings. The van der Waals surface area contributed by atoms with Gasteiger partial charge >= 0.3 is 0 Å². The molecule has 1 aromatic heterocycles. The molecule has 0 atom stereocenters. The third-order valence-electron chi connectivity index (χ3n) is 2.58. The molecule has 0 spiro atoms. The number of aryl methyl sites for hydroxylation is 1. The second kappa shape index (κ2) is 6.93. The molecule has 0 aliphatic carbocycles. The minimum Gasteiger partial charge on any atom is -0.395 e. The van der Waals surface area contributed by atoms with Crippen LogP contribution in [0.25, 0.3) is 0 Å². The predicted molar refractivity (Wildman–Crippen MR) is 70.1 cm³/mol. The van der Waals surface area contributed by atoms with Crippen LogP contribution in [-0.4, -0.2) is 40.6 Å². The quantitative estimate of drug-likeness (QED) is 0.507. The highest BCUT2D eigenvalue weighted by Gasteiger charge is 2.18. The normalized spacial score (nSPS) is 10.2. The Morgan fingerprint density at radius 2 is 2.28 bits per heavy atom. The van der Waals surface area contributed by atoms with E-state index in [4.69, 9.17) is 10.9 Å². The second-order valence-corrected chi connectivity index (χ2v) is 4.03. The van der Waals surface area contributed by atoms with Crippen molar-refractivity contribution in [2.24, 2.45) is 5.84 Å². The van der Waals surface area contributed by atoms with Crippen LogP contribution in [0, 0.1) is 6.92 Å². The number of nitrogens with zero attached hydrogens (tertiary/aromatic N) is 2. The van der Waals surface area contributed by atoms with Crippen LogP contribution in [0.5, 0.6) is 0 Å². The summed E-state index contributed by atoms with van der Waals surface area (Å²) in [5.74, 6) is 5.23. The van der Waals surface area contributed by atoms with Crippen LogP contribution < -0.4 is 11.3 Å². The number of hydrogen-bond donors (Lipinski definition) is 3. The van der Waals surface area contributed by atoms with Crippen molar-refractivity contribution >= 4 is 11.6 Å². The number of pyridine rings is 1. The van der Waals surface area contributed by atoms with E-state index < -0.39 is 0 Å². The molecule has 1 rings (SSSR count). The van der Waals surface area contributed by atoms with Gasteiger partial charge in [0.15, 0.2) is 0 Å². The number of aliphatic hydroxyl groups is 1. The van der Waals surface area contributed by atoms with E-state index in [1.165, 1.54) is 6.20 Å². The third kappa shape index (κ3) is 3.41. The van der Waals surface area contributed by atoms with Gasteiger partial charge in [-0.05, 0) is 19.4 Å². The number of aromatic nitrogens is 1. The molecular formula is C12H20N4O2. The Labute approximate surface area is 107 Å². The summed E-state index contributed by atoms with van der Waals surface area (Å²) in [4.78, 5) is 18.0. The maximum absolute atomic E-state index is 12.3. The molecule has 0 bridgehead atoms. The molecule has 0 radical (unpaired) electrons. The van der Waals surface area contributed by atoms with E-state index in [1.54, 1.807) is 11.0 Å². The van der Waals surface area contributed by atoms with Gasteiger partial charge in [-0.3, -0.25) is 15.6 Å². The fourth-order valence-electron chi connectivity index (χ4n) is 1.73. The summed E-state index contributed by atoms with van der Waals surface area (Å²) < 4.78 is 0. The van der Waals surface area contributed by atoms with Gasteiger partial charge in [0, 0.05) is 25.0 Å². The first-order chi connectivity index (χ1) is 8.63. The maximum atomic E-state index is 12.3. The lowest BCUT2D eigenvalue weighted by molar-refractivity contribution is 0.0722. The number of anilines is 1. The topological polar surface area (TPSA) is 91.5 Å². The number of aliphatic hydroxyl groups excluding tert-OH is 1. The zero-order valence-electron chi connectivity index (χ0n) is 10.8. The standard InChI is InChI=1S/C12H20N4O2/c1-3-4-16(5-6-17)12(18)10-8-14-9(2)7-11(10)15-13/h7-8,17H,3-6,13H2,1-2H3,(H,14,15). The van der Waals surface area contributed by atoms with Crippen LogP contribution in [0.4, 0.5) is 5.69 Å². The van der Waals surface area contributed by atoms with Crippen molar-refractivity contribution in [3.8, 4) is 0 Å². The van der Waals surface area contributed by atoms with Crippen molar-refractivity contribution in [3.05, 3.63) is 23.5 Å². The van der Waals surface area contributed by atoms with E-state index in [1.807, 2.05) is 13.8 Å². The van der Waals surface area contributed by atoms with Crippen LogP contribution in [-0.2, 0) is 0 Å². The predicted octanol–water partition coefficient (Wildman–Crippen LogP) is 0.520. The average molecular weight is 252 g/mol. The van der Waals surface area contributed by atoms with E-state index >= 15 is 0 Å². The van der Waals surface area contributed by atoms with Crippen LogP contribution in [0.1, 0.15) is 29.4 Å². The van der Waals surface area contributed by atoms with Crippen LogP contribution in [0.2, 0.25) is 0 Å². The van der Waals surface area contributed by atoms with Crippen LogP contribution in [0.15, 0.2) is 12.3 Å². The van der Waals surface area contributed by atoms with Crippen molar-refractivity contribution in [3.63, 3.8) is 0 Å². The summed E-state index contributed by atoms with van der Waals surface area (Å²) in [6.45, 7) is 4.65. The molecule has 4 N–H and O–H groups in total. The van der Waals surface area contributed by atoms with Gasteiger partial charge in [-0.2, -0.15) is 0 Å². The van der Waals surface area contributed by atoms with Gasteiger partial charge in [-0.1, -0.05) is 6.92 Å². The number of nitrogen functional groups attached to an aromatic ring is 1. The maximum Gasteiger partial charge on any atom is 0.257 e. The molecule has 6 nitrogen and oxygen atoms in total. The van der Waals surface area contributed by atoms with Crippen molar-refractivity contribution in [1.82, 2.24) is 9.88 Å². The smallest absolute Gasteiger partial charge is 0.257 e. The highest BCUT2D eigenvalue weighted by Crippen LogP contribution is 2.16. The van der Waals surface area contributed by atoms with Gasteiger partial charge in [-0.15, -0.1) is 0 Å². The van der Waals surface area contributed by atoms with Crippen LogP contribution >= 0.6 is 0 Å². The minimum atomic E-state index is -0.175. The first-order valence-electron chi connectivity index (χ1n) is 5.97. The Hall–Kier alpha value is -1.66. The third-order valence-corrected chi connectivity index (χ3v) is 2.58. The lowest BCUT2D eigenvalue weighted by Gasteiger charge is -2.22. The lowest BCUT2D eigenvalue weighted by atomic mass is 10.2. The fourth-order valence-corrected chi connectivity index (χ4v) is 1.73. The molecule has 0 saturated carbocycles. The number of carbonyl (C=O) groups excluding carboxylic acids is 1. The Morgan fingerprint density at radius 3 is 2.83 bits per heavy atom. The number of hydrazine groups is 1. The molecule has 0 aromatic carbocycles. The molecule has 0 saturated heterocycles. The fraction of sp³-hybridized carbons (Fsp3) is 0.500. The van der Waals surface area contributed by atoms with Gasteiger partial charge in [0.05, 0.1) is 17.9 Å². The Kier molecular flexibility index (Phi) is 5.54. The SMILES string of the molecule is CCCN(CCO)C(=O)c1cnc(C)cc1NN. The van der Waals surface area contributed by atoms with Gasteiger partial charge in [0.25, 0.3) is 5.91 Å². The van der Waals surface area contributed by atoms with E-state index in [0.717, 1.165) is 12.1 Å². The molecule has 100 valence electrons. The number of hydrogen-bond acceptors (Lipinski definition) is 5. The van der Waals surface area contributed by atoms with Gasteiger partial charge in [-0.25, -0.2) is 0 Å². The summed E-state index contributed by atoms with van der Waals surface area (Å²) >= 11 is 0. The van der Waals surface area contributed by atoms with E-state index in [9.17, 15) is 4.79 Å². The molecule has 6 heteroatoms. The summed E-state index contributed by atoms with van der Waals surface area (Å²) in [6.07, 6.45) is 2.34. The Bertz CT molecular complexity index is 403. The van der Waals surface area contributed by atoms with E-state index in [0.29, 0.717) is 24.3 Å². The Morgan fingerprint density at radius 1 is 1.56 bits per heavy atom. The first kappa shape index (κ1) is 14.4. The number of rotatable bonds is 6. The first-order valence-corrected chi connectivity index (χ1v) is 5.97. The molecule has 18 heavy (non-hydrogen) atoms. The summed E-state index contributed by atoms with van der Waals surface area (Å²) in [7, 11) is 0. The van der Waals surface area contributed by atoms with Gasteiger partial charge in [0.2, 0.25) is 0 Å². The van der Waals surface area contributed by atoms with Gasteiger partial charge in [0.1, 0.15) is 0 Å². The van der Waals surface area contributed by atoms with Crippen molar-refractivity contribution in [2.75, 3.05) is 25.1 Å². The monoisotopic (exact) mass is 252 g/mol. The van der Waals surface area contributed by atoms with E-state index in [-0.39, 0.29) is 12.5 Å². The van der Waals surface area contributed by atoms with Crippen LogP contribution in [0.3, 0.4) is 0 Å². The molecule has 1 heterocycles. The van der Waals surface area contributed by atoms with E-state index in [2.05, 4.69) is 10.4 Å². The molecular weight excluding hydrogens is 232 g/mol. The molecule has 0 fully saturated rings. The highest BCUT2D eigenvalue weighted by atomic mass is 16.3. The van der Waals surface area contributed by atoms with Crippen molar-refractivity contribution in [1.29, 1.82) is 0 Å². The molecule has 0 unspecified atom stereocenters. The largest absolute Gasteiger partial charge is 0.395 e. The Balaban J connectivity index is 3.00. The number of nitrogens with one attached hydrogen (secondary N) is 1. The molecule has 0 aliphatic heterocycles.